The molecule has 0 radical (unpaired) electrons. The summed E-state index contributed by atoms with van der Waals surface area (Å²) in [5, 5.41) is 0. The minimum absolute atomic E-state index is 0.0382. The number of hydrogen-bond acceptors (Lipinski definition) is 10. The fourth-order valence-corrected chi connectivity index (χ4v) is 5.18. The maximum atomic E-state index is 12.7. The third-order valence-corrected chi connectivity index (χ3v) is 7.49. The molecule has 0 amide bonds. The Labute approximate surface area is 193 Å². The molecule has 14 heteroatoms. The van der Waals surface area contributed by atoms with Crippen molar-refractivity contribution in [2.75, 3.05) is 62.3 Å². The quantitative estimate of drug-likeness (QED) is 0.452. The van der Waals surface area contributed by atoms with Crippen molar-refractivity contribution in [2.24, 2.45) is 0 Å². The van der Waals surface area contributed by atoms with Gasteiger partial charge in [-0.25, -0.2) is 16.8 Å². The van der Waals surface area contributed by atoms with E-state index in [1.54, 1.807) is 0 Å². The molecule has 1 aromatic carbocycles. The van der Waals surface area contributed by atoms with Crippen LogP contribution in [-0.4, -0.2) is 84.5 Å². The number of aromatic nitrogens is 2. The maximum Gasteiger partial charge on any atom is 0.321 e. The number of morpholine rings is 1. The monoisotopic (exact) mass is 501 g/mol. The molecule has 12 nitrogen and oxygen atoms in total. The lowest BCUT2D eigenvalue weighted by molar-refractivity contribution is 0.0381. The van der Waals surface area contributed by atoms with E-state index >= 15 is 0 Å². The van der Waals surface area contributed by atoms with Gasteiger partial charge < -0.3 is 14.2 Å². The van der Waals surface area contributed by atoms with Crippen LogP contribution in [0.3, 0.4) is 0 Å². The van der Waals surface area contributed by atoms with Crippen molar-refractivity contribution in [1.82, 2.24) is 14.9 Å². The fourth-order valence-electron chi connectivity index (χ4n) is 3.08. The average molecular weight is 502 g/mol. The summed E-state index contributed by atoms with van der Waals surface area (Å²) < 4.78 is 70.1. The van der Waals surface area contributed by atoms with Crippen molar-refractivity contribution >= 4 is 31.6 Å². The molecule has 1 saturated heterocycles. The molecule has 0 aliphatic carbocycles. The Balaban J connectivity index is 1.60. The highest BCUT2D eigenvalue weighted by Crippen LogP contribution is 2.22. The van der Waals surface area contributed by atoms with Crippen molar-refractivity contribution in [3.8, 4) is 11.9 Å². The Kier molecular flexibility index (Phi) is 8.29. The summed E-state index contributed by atoms with van der Waals surface area (Å²) in [6.07, 6.45) is 0.484. The van der Waals surface area contributed by atoms with Gasteiger partial charge in [-0.15, -0.1) is 0 Å². The number of rotatable bonds is 11. The summed E-state index contributed by atoms with van der Waals surface area (Å²) in [7, 11) is -4.84. The second-order valence-electron chi connectivity index (χ2n) is 7.14. The molecule has 182 valence electrons. The van der Waals surface area contributed by atoms with Gasteiger partial charge in [0.1, 0.15) is 0 Å². The molecule has 0 atom stereocenters. The first-order valence-corrected chi connectivity index (χ1v) is 13.2. The van der Waals surface area contributed by atoms with Gasteiger partial charge in [0, 0.05) is 24.8 Å². The summed E-state index contributed by atoms with van der Waals surface area (Å²) in [6, 6.07) is 6.60. The summed E-state index contributed by atoms with van der Waals surface area (Å²) in [5.41, 5.74) is 0.269. The molecule has 2 heterocycles. The molecular weight excluding hydrogens is 474 g/mol. The van der Waals surface area contributed by atoms with Crippen LogP contribution in [0.15, 0.2) is 35.2 Å². The van der Waals surface area contributed by atoms with Gasteiger partial charge in [-0.2, -0.15) is 9.97 Å². The van der Waals surface area contributed by atoms with E-state index in [1.165, 1.54) is 44.6 Å². The van der Waals surface area contributed by atoms with Crippen LogP contribution < -0.4 is 18.9 Å². The number of nitrogens with one attached hydrogen (secondary N) is 2. The Morgan fingerprint density at radius 2 is 1.70 bits per heavy atom. The minimum Gasteiger partial charge on any atom is -0.481 e. The largest absolute Gasteiger partial charge is 0.481 e. The van der Waals surface area contributed by atoms with Crippen LogP contribution in [0.5, 0.6) is 11.9 Å². The molecule has 0 unspecified atom stereocenters. The highest BCUT2D eigenvalue weighted by atomic mass is 32.2. The summed E-state index contributed by atoms with van der Waals surface area (Å²) in [4.78, 5) is 9.92. The van der Waals surface area contributed by atoms with Crippen molar-refractivity contribution in [2.45, 2.75) is 11.3 Å². The number of benzene rings is 1. The zero-order valence-electron chi connectivity index (χ0n) is 18.4. The lowest BCUT2D eigenvalue weighted by Gasteiger charge is -2.26. The smallest absolute Gasteiger partial charge is 0.321 e. The average Bonchev–Trinajstić information content (AvgIpc) is 2.79. The van der Waals surface area contributed by atoms with Crippen LogP contribution in [0.4, 0.5) is 11.5 Å². The predicted molar refractivity (Wildman–Crippen MR) is 122 cm³/mol. The molecule has 1 aromatic heterocycles. The molecule has 0 bridgehead atoms. The summed E-state index contributed by atoms with van der Waals surface area (Å²) in [5.74, 6) is 0.0465. The molecule has 3 rings (SSSR count). The zero-order valence-corrected chi connectivity index (χ0v) is 20.0. The first kappa shape index (κ1) is 25.0. The van der Waals surface area contributed by atoms with Crippen LogP contribution in [0, 0.1) is 0 Å². The standard InChI is InChI=1S/C19H27N5O7S2/c1-29-18-14-17(20-19(21-18)30-2)23-33(27,28)16-6-4-15(5-7-16)22-32(25,26)13-3-8-24-9-11-31-12-10-24/h4-7,14,22H,3,8-13H2,1-2H3,(H,20,21,23). The topological polar surface area (TPSA) is 149 Å². The second-order valence-corrected chi connectivity index (χ2v) is 10.7. The van der Waals surface area contributed by atoms with Crippen molar-refractivity contribution < 1.29 is 31.0 Å². The first-order valence-electron chi connectivity index (χ1n) is 10.1. The highest BCUT2D eigenvalue weighted by molar-refractivity contribution is 7.93. The van der Waals surface area contributed by atoms with E-state index in [2.05, 4.69) is 24.3 Å². The second kappa shape index (κ2) is 11.0. The molecular formula is C19H27N5O7S2. The van der Waals surface area contributed by atoms with Crippen molar-refractivity contribution in [3.63, 3.8) is 0 Å². The van der Waals surface area contributed by atoms with Crippen LogP contribution in [-0.2, 0) is 24.8 Å². The zero-order chi connectivity index (χ0) is 23.9. The van der Waals surface area contributed by atoms with Crippen LogP contribution in [0.25, 0.3) is 0 Å². The van der Waals surface area contributed by atoms with Gasteiger partial charge in [0.2, 0.25) is 15.9 Å². The van der Waals surface area contributed by atoms with E-state index in [4.69, 9.17) is 14.2 Å². The number of ether oxygens (including phenoxy) is 3. The van der Waals surface area contributed by atoms with Crippen LogP contribution >= 0.6 is 0 Å². The van der Waals surface area contributed by atoms with Gasteiger partial charge in [-0.05, 0) is 37.2 Å². The molecule has 33 heavy (non-hydrogen) atoms. The Bertz CT molecular complexity index is 1110. The molecule has 1 fully saturated rings. The maximum absolute atomic E-state index is 12.7. The van der Waals surface area contributed by atoms with E-state index in [9.17, 15) is 16.8 Å². The Morgan fingerprint density at radius 3 is 2.33 bits per heavy atom. The van der Waals surface area contributed by atoms with Crippen LogP contribution in [0.1, 0.15) is 6.42 Å². The lowest BCUT2D eigenvalue weighted by atomic mass is 10.3. The Hall–Kier alpha value is -2.68. The molecule has 1 aliphatic heterocycles. The van der Waals surface area contributed by atoms with E-state index in [0.717, 1.165) is 13.1 Å². The van der Waals surface area contributed by atoms with Gasteiger partial charge >= 0.3 is 6.01 Å². The Morgan fingerprint density at radius 1 is 1.00 bits per heavy atom. The van der Waals surface area contributed by atoms with E-state index in [-0.39, 0.29) is 34.0 Å². The van der Waals surface area contributed by atoms with Gasteiger partial charge in [-0.3, -0.25) is 14.3 Å². The van der Waals surface area contributed by atoms with Gasteiger partial charge in [0.25, 0.3) is 10.0 Å². The molecule has 0 saturated carbocycles. The van der Waals surface area contributed by atoms with Gasteiger partial charge in [-0.1, -0.05) is 0 Å². The SMILES string of the molecule is COc1cc(NS(=O)(=O)c2ccc(NS(=O)(=O)CCCN3CCOCC3)cc2)nc(OC)n1. The van der Waals surface area contributed by atoms with Gasteiger partial charge in [0.05, 0.1) is 38.1 Å². The first-order chi connectivity index (χ1) is 15.7. The summed E-state index contributed by atoms with van der Waals surface area (Å²) >= 11 is 0. The van der Waals surface area contributed by atoms with E-state index in [1.807, 2.05) is 0 Å². The normalized spacial score (nSPS) is 15.1. The third-order valence-electron chi connectivity index (χ3n) is 4.74. The number of methoxy groups -OCH3 is 2. The predicted octanol–water partition coefficient (Wildman–Crippen LogP) is 0.759. The van der Waals surface area contributed by atoms with E-state index in [0.29, 0.717) is 26.2 Å². The van der Waals surface area contributed by atoms with Crippen molar-refractivity contribution in [1.29, 1.82) is 0 Å². The summed E-state index contributed by atoms with van der Waals surface area (Å²) in [6.45, 7) is 3.59. The lowest BCUT2D eigenvalue weighted by Crippen LogP contribution is -2.37. The van der Waals surface area contributed by atoms with Crippen LogP contribution in [0.2, 0.25) is 0 Å². The number of nitrogens with zero attached hydrogens (tertiary/aromatic N) is 3. The molecule has 0 spiro atoms. The van der Waals surface area contributed by atoms with Crippen molar-refractivity contribution in [3.05, 3.63) is 30.3 Å². The highest BCUT2D eigenvalue weighted by Gasteiger charge is 2.18. The van der Waals surface area contributed by atoms with E-state index < -0.39 is 20.0 Å². The molecule has 1 aliphatic rings. The minimum atomic E-state index is -3.99. The molecule has 2 N–H and O–H groups in total. The van der Waals surface area contributed by atoms with Gasteiger partial charge in [0.15, 0.2) is 5.82 Å². The fraction of sp³-hybridized carbons (Fsp3) is 0.474. The number of hydrogen-bond donors (Lipinski definition) is 2. The number of anilines is 2. The molecule has 2 aromatic rings. The third kappa shape index (κ3) is 7.42. The number of sulfonamides is 2.